The first-order valence-corrected chi connectivity index (χ1v) is 6.12. The van der Waals surface area contributed by atoms with Gasteiger partial charge in [0.2, 0.25) is 0 Å². The van der Waals surface area contributed by atoms with Crippen molar-refractivity contribution in [2.24, 2.45) is 11.8 Å². The van der Waals surface area contributed by atoms with Crippen molar-refractivity contribution in [2.75, 3.05) is 11.9 Å². The first-order valence-electron chi connectivity index (χ1n) is 6.12. The second kappa shape index (κ2) is 5.18. The highest BCUT2D eigenvalue weighted by atomic mass is 19.1. The lowest BCUT2D eigenvalue weighted by Crippen LogP contribution is -2.11. The summed E-state index contributed by atoms with van der Waals surface area (Å²) in [4.78, 5) is 0. The maximum Gasteiger partial charge on any atom is 0.143 e. The minimum Gasteiger partial charge on any atom is -0.385 e. The van der Waals surface area contributed by atoms with Gasteiger partial charge in [0.25, 0.3) is 0 Å². The van der Waals surface area contributed by atoms with Gasteiger partial charge in [0.05, 0.1) is 5.56 Å². The van der Waals surface area contributed by atoms with Crippen LogP contribution in [0.15, 0.2) is 18.2 Å². The van der Waals surface area contributed by atoms with Gasteiger partial charge in [0.15, 0.2) is 0 Å². The molecule has 2 nitrogen and oxygen atoms in total. The van der Waals surface area contributed by atoms with Crippen LogP contribution < -0.4 is 5.32 Å². The Morgan fingerprint density at radius 1 is 1.47 bits per heavy atom. The number of nitrogens with zero attached hydrogens (tertiary/aromatic N) is 1. The fourth-order valence-corrected chi connectivity index (χ4v) is 2.49. The summed E-state index contributed by atoms with van der Waals surface area (Å²) in [6.45, 7) is 3.18. The van der Waals surface area contributed by atoms with Gasteiger partial charge in [-0.2, -0.15) is 5.26 Å². The van der Waals surface area contributed by atoms with Crippen LogP contribution >= 0.6 is 0 Å². The fourth-order valence-electron chi connectivity index (χ4n) is 2.49. The Labute approximate surface area is 101 Å². The van der Waals surface area contributed by atoms with Crippen LogP contribution in [0.1, 0.15) is 31.7 Å². The Kier molecular flexibility index (Phi) is 3.63. The third-order valence-corrected chi connectivity index (χ3v) is 3.49. The van der Waals surface area contributed by atoms with Crippen LogP contribution in [0.5, 0.6) is 0 Å². The van der Waals surface area contributed by atoms with E-state index in [1.807, 2.05) is 6.07 Å². The molecule has 0 radical (unpaired) electrons. The van der Waals surface area contributed by atoms with Crippen LogP contribution in [0, 0.1) is 29.0 Å². The monoisotopic (exact) mass is 232 g/mol. The van der Waals surface area contributed by atoms with Gasteiger partial charge in [-0.1, -0.05) is 13.3 Å². The summed E-state index contributed by atoms with van der Waals surface area (Å²) in [6.07, 6.45) is 3.81. The summed E-state index contributed by atoms with van der Waals surface area (Å²) in [6, 6.07) is 6.51. The van der Waals surface area contributed by atoms with Crippen LogP contribution in [-0.4, -0.2) is 6.54 Å². The first-order chi connectivity index (χ1) is 8.19. The second-order valence-electron chi connectivity index (χ2n) is 4.97. The smallest absolute Gasteiger partial charge is 0.143 e. The lowest BCUT2D eigenvalue weighted by atomic mass is 10.1. The predicted molar refractivity (Wildman–Crippen MR) is 66.1 cm³/mol. The number of rotatable bonds is 3. The molecule has 0 aliphatic heterocycles. The minimum atomic E-state index is -0.447. The second-order valence-corrected chi connectivity index (χ2v) is 4.97. The van der Waals surface area contributed by atoms with Gasteiger partial charge in [-0.25, -0.2) is 4.39 Å². The summed E-state index contributed by atoms with van der Waals surface area (Å²) in [5.41, 5.74) is 0.867. The van der Waals surface area contributed by atoms with Crippen molar-refractivity contribution in [1.82, 2.24) is 0 Å². The zero-order chi connectivity index (χ0) is 12.3. The van der Waals surface area contributed by atoms with Crippen LogP contribution in [0.25, 0.3) is 0 Å². The fraction of sp³-hybridized carbons (Fsp3) is 0.500. The Morgan fingerprint density at radius 2 is 2.29 bits per heavy atom. The maximum absolute atomic E-state index is 13.4. The molecule has 1 fully saturated rings. The summed E-state index contributed by atoms with van der Waals surface area (Å²) >= 11 is 0. The number of hydrogen-bond acceptors (Lipinski definition) is 2. The predicted octanol–water partition coefficient (Wildman–Crippen LogP) is 3.55. The molecule has 0 heterocycles. The van der Waals surface area contributed by atoms with Crippen molar-refractivity contribution in [3.05, 3.63) is 29.6 Å². The number of halogens is 1. The van der Waals surface area contributed by atoms with Crippen molar-refractivity contribution in [1.29, 1.82) is 5.26 Å². The molecule has 1 aliphatic rings. The number of nitriles is 1. The van der Waals surface area contributed by atoms with Gasteiger partial charge in [0, 0.05) is 12.2 Å². The van der Waals surface area contributed by atoms with Gasteiger partial charge in [-0.05, 0) is 42.9 Å². The number of nitrogens with one attached hydrogen (secondary N) is 1. The molecule has 17 heavy (non-hydrogen) atoms. The largest absolute Gasteiger partial charge is 0.385 e. The van der Waals surface area contributed by atoms with E-state index in [0.717, 1.165) is 18.2 Å². The topological polar surface area (TPSA) is 35.8 Å². The summed E-state index contributed by atoms with van der Waals surface area (Å²) in [7, 11) is 0. The number of benzene rings is 1. The van der Waals surface area contributed by atoms with E-state index in [4.69, 9.17) is 5.26 Å². The van der Waals surface area contributed by atoms with Crippen molar-refractivity contribution in [3.8, 4) is 6.07 Å². The van der Waals surface area contributed by atoms with Crippen molar-refractivity contribution in [2.45, 2.75) is 26.2 Å². The number of anilines is 1. The minimum absolute atomic E-state index is 0.102. The highest BCUT2D eigenvalue weighted by Gasteiger charge is 2.20. The van der Waals surface area contributed by atoms with Gasteiger partial charge < -0.3 is 5.32 Å². The van der Waals surface area contributed by atoms with E-state index < -0.39 is 5.82 Å². The van der Waals surface area contributed by atoms with E-state index in [1.165, 1.54) is 31.4 Å². The highest BCUT2D eigenvalue weighted by Crippen LogP contribution is 2.30. The van der Waals surface area contributed by atoms with Crippen molar-refractivity contribution >= 4 is 5.69 Å². The quantitative estimate of drug-likeness (QED) is 0.865. The SMILES string of the molecule is CC1CCC(CNc2ccc(C#N)c(F)c2)C1. The molecule has 0 bridgehead atoms. The third kappa shape index (κ3) is 2.97. The third-order valence-electron chi connectivity index (χ3n) is 3.49. The summed E-state index contributed by atoms with van der Waals surface area (Å²) in [5.74, 6) is 1.07. The molecule has 0 aromatic heterocycles. The molecule has 2 unspecified atom stereocenters. The molecule has 1 N–H and O–H groups in total. The van der Waals surface area contributed by atoms with E-state index in [9.17, 15) is 4.39 Å². The Hall–Kier alpha value is -1.56. The normalized spacial score (nSPS) is 23.4. The molecule has 1 saturated carbocycles. The lowest BCUT2D eigenvalue weighted by molar-refractivity contribution is 0.537. The summed E-state index contributed by atoms with van der Waals surface area (Å²) in [5, 5.41) is 11.9. The van der Waals surface area contributed by atoms with Crippen LogP contribution in [0.4, 0.5) is 10.1 Å². The Balaban J connectivity index is 1.91. The maximum atomic E-state index is 13.4. The van der Waals surface area contributed by atoms with Gasteiger partial charge in [-0.3, -0.25) is 0 Å². The number of hydrogen-bond donors (Lipinski definition) is 1. The van der Waals surface area contributed by atoms with E-state index in [0.29, 0.717) is 5.92 Å². The van der Waals surface area contributed by atoms with Crippen molar-refractivity contribution < 1.29 is 4.39 Å². The molecule has 3 heteroatoms. The Morgan fingerprint density at radius 3 is 2.88 bits per heavy atom. The molecule has 2 atom stereocenters. The van der Waals surface area contributed by atoms with Crippen LogP contribution in [0.2, 0.25) is 0 Å². The molecule has 0 saturated heterocycles. The van der Waals surface area contributed by atoms with E-state index in [1.54, 1.807) is 6.07 Å². The Bertz CT molecular complexity index is 436. The molecule has 90 valence electrons. The van der Waals surface area contributed by atoms with Crippen LogP contribution in [-0.2, 0) is 0 Å². The molecular weight excluding hydrogens is 215 g/mol. The average molecular weight is 232 g/mol. The van der Waals surface area contributed by atoms with E-state index >= 15 is 0 Å². The molecule has 1 aromatic rings. The zero-order valence-corrected chi connectivity index (χ0v) is 10.0. The average Bonchev–Trinajstić information content (AvgIpc) is 2.73. The lowest BCUT2D eigenvalue weighted by Gasteiger charge is -2.12. The highest BCUT2D eigenvalue weighted by molar-refractivity contribution is 5.48. The molecule has 0 amide bonds. The van der Waals surface area contributed by atoms with Gasteiger partial charge >= 0.3 is 0 Å². The standard InChI is InChI=1S/C14H17FN2/c1-10-2-3-11(6-10)9-17-13-5-4-12(8-16)14(15)7-13/h4-5,7,10-11,17H,2-3,6,9H2,1H3. The van der Waals surface area contributed by atoms with Gasteiger partial charge in [0.1, 0.15) is 11.9 Å². The van der Waals surface area contributed by atoms with E-state index in [2.05, 4.69) is 12.2 Å². The molecule has 1 aliphatic carbocycles. The van der Waals surface area contributed by atoms with Crippen molar-refractivity contribution in [3.63, 3.8) is 0 Å². The molecule has 0 spiro atoms. The molecule has 1 aromatic carbocycles. The van der Waals surface area contributed by atoms with E-state index in [-0.39, 0.29) is 5.56 Å². The van der Waals surface area contributed by atoms with Gasteiger partial charge in [-0.15, -0.1) is 0 Å². The first kappa shape index (κ1) is 11.9. The van der Waals surface area contributed by atoms with Crippen LogP contribution in [0.3, 0.4) is 0 Å². The molecule has 2 rings (SSSR count). The zero-order valence-electron chi connectivity index (χ0n) is 10.0. The molecular formula is C14H17FN2. The summed E-state index contributed by atoms with van der Waals surface area (Å²) < 4.78 is 13.4.